The fourth-order valence-corrected chi connectivity index (χ4v) is 1.58. The number of aliphatic hydroxyl groups excluding tert-OH is 1. The van der Waals surface area contributed by atoms with Gasteiger partial charge in [-0.3, -0.25) is 0 Å². The number of halogens is 2. The summed E-state index contributed by atoms with van der Waals surface area (Å²) in [6.07, 6.45) is 2.70. The molecular formula is C12H12F2N2O. The lowest BCUT2D eigenvalue weighted by Gasteiger charge is -1.99. The summed E-state index contributed by atoms with van der Waals surface area (Å²) in [5.74, 6) is -0.550. The second-order valence-electron chi connectivity index (χ2n) is 3.69. The molecule has 0 saturated carbocycles. The van der Waals surface area contributed by atoms with E-state index in [-0.39, 0.29) is 12.2 Å². The lowest BCUT2D eigenvalue weighted by atomic mass is 10.1. The van der Waals surface area contributed by atoms with Crippen molar-refractivity contribution in [2.75, 3.05) is 6.61 Å². The van der Waals surface area contributed by atoms with Crippen LogP contribution >= 0.6 is 0 Å². The third-order valence-corrected chi connectivity index (χ3v) is 2.42. The Morgan fingerprint density at radius 3 is 2.82 bits per heavy atom. The fourth-order valence-electron chi connectivity index (χ4n) is 1.58. The normalized spacial score (nSPS) is 10.8. The van der Waals surface area contributed by atoms with Gasteiger partial charge in [0.05, 0.1) is 11.9 Å². The summed E-state index contributed by atoms with van der Waals surface area (Å²) in [5, 5.41) is 8.68. The second-order valence-corrected chi connectivity index (χ2v) is 3.69. The number of rotatable bonds is 4. The lowest BCUT2D eigenvalue weighted by molar-refractivity contribution is 0.287. The number of aryl methyl sites for hydroxylation is 1. The average Bonchev–Trinajstić information content (AvgIpc) is 2.75. The summed E-state index contributed by atoms with van der Waals surface area (Å²) in [6.45, 7) is 0.0843. The quantitative estimate of drug-likeness (QED) is 0.858. The van der Waals surface area contributed by atoms with Crippen LogP contribution < -0.4 is 0 Å². The van der Waals surface area contributed by atoms with Crippen LogP contribution in [0.5, 0.6) is 0 Å². The van der Waals surface area contributed by atoms with Crippen molar-refractivity contribution in [1.82, 2.24) is 9.97 Å². The molecule has 0 fully saturated rings. The highest BCUT2D eigenvalue weighted by Crippen LogP contribution is 2.21. The first-order valence-corrected chi connectivity index (χ1v) is 5.31. The molecule has 0 aliphatic rings. The maximum Gasteiger partial charge on any atom is 0.135 e. The van der Waals surface area contributed by atoms with Crippen molar-refractivity contribution in [2.45, 2.75) is 12.8 Å². The van der Waals surface area contributed by atoms with Crippen molar-refractivity contribution < 1.29 is 13.9 Å². The highest BCUT2D eigenvalue weighted by Gasteiger charge is 2.09. The Morgan fingerprint density at radius 2 is 2.12 bits per heavy atom. The molecule has 0 saturated heterocycles. The number of nitrogens with zero attached hydrogens (tertiary/aromatic N) is 1. The number of nitrogens with one attached hydrogen (secondary N) is 1. The van der Waals surface area contributed by atoms with Gasteiger partial charge in [0, 0.05) is 24.7 Å². The summed E-state index contributed by atoms with van der Waals surface area (Å²) in [7, 11) is 0. The molecule has 0 bridgehead atoms. The van der Waals surface area contributed by atoms with Gasteiger partial charge in [-0.15, -0.1) is 0 Å². The van der Waals surface area contributed by atoms with E-state index in [4.69, 9.17) is 5.11 Å². The SMILES string of the molecule is OCCCc1ncc(-c2ccc(F)cc2F)[nH]1. The zero-order valence-corrected chi connectivity index (χ0v) is 9.08. The molecule has 0 unspecified atom stereocenters. The minimum Gasteiger partial charge on any atom is -0.396 e. The first kappa shape index (κ1) is 11.7. The third kappa shape index (κ3) is 2.68. The Kier molecular flexibility index (Phi) is 3.49. The first-order valence-electron chi connectivity index (χ1n) is 5.31. The van der Waals surface area contributed by atoms with Crippen molar-refractivity contribution in [3.05, 3.63) is 41.9 Å². The topological polar surface area (TPSA) is 48.9 Å². The van der Waals surface area contributed by atoms with E-state index < -0.39 is 11.6 Å². The maximum atomic E-state index is 13.5. The van der Waals surface area contributed by atoms with E-state index in [0.717, 1.165) is 6.07 Å². The van der Waals surface area contributed by atoms with Crippen LogP contribution in [0, 0.1) is 11.6 Å². The molecule has 0 spiro atoms. The van der Waals surface area contributed by atoms with Crippen LogP contribution in [0.1, 0.15) is 12.2 Å². The molecule has 3 nitrogen and oxygen atoms in total. The molecule has 1 aromatic carbocycles. The van der Waals surface area contributed by atoms with Gasteiger partial charge in [0.2, 0.25) is 0 Å². The zero-order chi connectivity index (χ0) is 12.3. The van der Waals surface area contributed by atoms with Gasteiger partial charge in [-0.05, 0) is 18.6 Å². The molecule has 5 heteroatoms. The van der Waals surface area contributed by atoms with Gasteiger partial charge in [-0.1, -0.05) is 0 Å². The number of H-pyrrole nitrogens is 1. The highest BCUT2D eigenvalue weighted by molar-refractivity contribution is 5.59. The van der Waals surface area contributed by atoms with Gasteiger partial charge >= 0.3 is 0 Å². The minimum atomic E-state index is -0.623. The van der Waals surface area contributed by atoms with Gasteiger partial charge in [-0.2, -0.15) is 0 Å². The monoisotopic (exact) mass is 238 g/mol. The standard InChI is InChI=1S/C12H12F2N2O/c13-8-3-4-9(10(14)6-8)11-7-15-12(16-11)2-1-5-17/h3-4,6-7,17H,1-2,5H2,(H,15,16). The van der Waals surface area contributed by atoms with Gasteiger partial charge in [0.1, 0.15) is 17.5 Å². The van der Waals surface area contributed by atoms with Crippen molar-refractivity contribution in [3.8, 4) is 11.3 Å². The van der Waals surface area contributed by atoms with E-state index in [1.807, 2.05) is 0 Å². The molecule has 2 N–H and O–H groups in total. The summed E-state index contributed by atoms with van der Waals surface area (Å²) in [4.78, 5) is 7.01. The van der Waals surface area contributed by atoms with Gasteiger partial charge in [0.25, 0.3) is 0 Å². The summed E-state index contributed by atoms with van der Waals surface area (Å²) >= 11 is 0. The van der Waals surface area contributed by atoms with Crippen LogP contribution in [0.3, 0.4) is 0 Å². The molecule has 0 aliphatic heterocycles. The Balaban J connectivity index is 2.24. The predicted octanol–water partition coefficient (Wildman–Crippen LogP) is 2.28. The van der Waals surface area contributed by atoms with E-state index in [1.165, 1.54) is 18.3 Å². The number of hydrogen-bond donors (Lipinski definition) is 2. The third-order valence-electron chi connectivity index (χ3n) is 2.42. The Bertz CT molecular complexity index is 511. The summed E-state index contributed by atoms with van der Waals surface area (Å²) < 4.78 is 26.2. The average molecular weight is 238 g/mol. The molecule has 0 amide bonds. The molecule has 2 rings (SSSR count). The number of aliphatic hydroxyl groups is 1. The van der Waals surface area contributed by atoms with Crippen LogP contribution in [-0.2, 0) is 6.42 Å². The molecular weight excluding hydrogens is 226 g/mol. The van der Waals surface area contributed by atoms with Crippen LogP contribution in [0.4, 0.5) is 8.78 Å². The van der Waals surface area contributed by atoms with Crippen molar-refractivity contribution in [3.63, 3.8) is 0 Å². The lowest BCUT2D eigenvalue weighted by Crippen LogP contribution is -1.92. The first-order chi connectivity index (χ1) is 8.20. The van der Waals surface area contributed by atoms with Crippen LogP contribution in [0.2, 0.25) is 0 Å². The van der Waals surface area contributed by atoms with Crippen LogP contribution in [0.15, 0.2) is 24.4 Å². The van der Waals surface area contributed by atoms with E-state index in [1.54, 1.807) is 0 Å². The number of aromatic amines is 1. The summed E-state index contributed by atoms with van der Waals surface area (Å²) in [5.41, 5.74) is 0.796. The molecule has 1 aromatic heterocycles. The van der Waals surface area contributed by atoms with Crippen molar-refractivity contribution in [2.24, 2.45) is 0 Å². The van der Waals surface area contributed by atoms with Crippen molar-refractivity contribution >= 4 is 0 Å². The molecule has 0 atom stereocenters. The fraction of sp³-hybridized carbons (Fsp3) is 0.250. The van der Waals surface area contributed by atoms with E-state index in [0.29, 0.717) is 24.4 Å². The molecule has 0 aliphatic carbocycles. The van der Waals surface area contributed by atoms with E-state index >= 15 is 0 Å². The molecule has 90 valence electrons. The van der Waals surface area contributed by atoms with Gasteiger partial charge in [0.15, 0.2) is 0 Å². The number of benzene rings is 1. The van der Waals surface area contributed by atoms with Crippen LogP contribution in [0.25, 0.3) is 11.3 Å². The second kappa shape index (κ2) is 5.05. The van der Waals surface area contributed by atoms with Gasteiger partial charge in [-0.25, -0.2) is 13.8 Å². The predicted molar refractivity (Wildman–Crippen MR) is 59.3 cm³/mol. The smallest absolute Gasteiger partial charge is 0.135 e. The highest BCUT2D eigenvalue weighted by atomic mass is 19.1. The van der Waals surface area contributed by atoms with E-state index in [2.05, 4.69) is 9.97 Å². The van der Waals surface area contributed by atoms with Crippen molar-refractivity contribution in [1.29, 1.82) is 0 Å². The van der Waals surface area contributed by atoms with Crippen LogP contribution in [-0.4, -0.2) is 21.7 Å². The Labute approximate surface area is 97.1 Å². The largest absolute Gasteiger partial charge is 0.396 e. The zero-order valence-electron chi connectivity index (χ0n) is 9.08. The molecule has 0 radical (unpaired) electrons. The summed E-state index contributed by atoms with van der Waals surface area (Å²) in [6, 6.07) is 3.41. The van der Waals surface area contributed by atoms with E-state index in [9.17, 15) is 8.78 Å². The van der Waals surface area contributed by atoms with Gasteiger partial charge < -0.3 is 10.1 Å². The maximum absolute atomic E-state index is 13.5. The molecule has 2 aromatic rings. The minimum absolute atomic E-state index is 0.0843. The Hall–Kier alpha value is -1.75. The molecule has 17 heavy (non-hydrogen) atoms. The molecule has 1 heterocycles. The Morgan fingerprint density at radius 1 is 1.29 bits per heavy atom. The number of hydrogen-bond acceptors (Lipinski definition) is 2. The number of imidazole rings is 1. The number of aromatic nitrogens is 2.